The number of fused-ring (bicyclic) bond motifs is 7. The molecule has 0 radical (unpaired) electrons. The number of ether oxygens (including phenoxy) is 1. The second-order valence-corrected chi connectivity index (χ2v) is 11.3. The lowest BCUT2D eigenvalue weighted by Gasteiger charge is -2.59. The lowest BCUT2D eigenvalue weighted by atomic mass is 9.44. The maximum atomic E-state index is 13.5. The van der Waals surface area contributed by atoms with Crippen molar-refractivity contribution in [1.29, 1.82) is 0 Å². The Labute approximate surface area is 171 Å². The highest BCUT2D eigenvalue weighted by Crippen LogP contribution is 2.67. The van der Waals surface area contributed by atoms with Crippen molar-refractivity contribution >= 4 is 22.2 Å². The molecule has 4 aliphatic carbocycles. The largest absolute Gasteiger partial charge is 0.455 e. The van der Waals surface area contributed by atoms with Gasteiger partial charge in [-0.2, -0.15) is 8.42 Å². The summed E-state index contributed by atoms with van der Waals surface area (Å²) in [5, 5.41) is 0. The van der Waals surface area contributed by atoms with Crippen molar-refractivity contribution in [3.05, 3.63) is 11.6 Å². The molecule has 0 aromatic carbocycles. The lowest BCUT2D eigenvalue weighted by molar-refractivity contribution is -0.157. The Morgan fingerprint density at radius 3 is 2.66 bits per heavy atom. The number of Topliss-reactive ketones (excluding diaryl/α,β-unsaturated/α-hetero) is 1. The predicted octanol–water partition coefficient (Wildman–Crippen LogP) is 2.86. The highest BCUT2D eigenvalue weighted by Gasteiger charge is 2.65. The van der Waals surface area contributed by atoms with Crippen LogP contribution in [0.2, 0.25) is 0 Å². The average Bonchev–Trinajstić information content (AvgIpc) is 3.09. The molecule has 1 heterocycles. The minimum Gasteiger partial charge on any atom is -0.455 e. The molecular weight excluding hydrogens is 396 g/mol. The smallest absolute Gasteiger partial charge is 0.397 e. The van der Waals surface area contributed by atoms with Gasteiger partial charge in [-0.15, -0.1) is 0 Å². The van der Waals surface area contributed by atoms with Crippen molar-refractivity contribution in [1.82, 2.24) is 0 Å². The van der Waals surface area contributed by atoms with Crippen LogP contribution in [0.15, 0.2) is 11.6 Å². The second kappa shape index (κ2) is 6.14. The van der Waals surface area contributed by atoms with E-state index in [2.05, 4.69) is 13.8 Å². The van der Waals surface area contributed by atoms with Crippen LogP contribution in [0, 0.1) is 34.5 Å². The monoisotopic (exact) mass is 424 g/mol. The van der Waals surface area contributed by atoms with Crippen molar-refractivity contribution in [3.63, 3.8) is 0 Å². The van der Waals surface area contributed by atoms with E-state index in [-0.39, 0.29) is 46.4 Å². The fraction of sp³-hybridized carbons (Fsp3) is 0.810. The van der Waals surface area contributed by atoms with Gasteiger partial charge in [0.15, 0.2) is 0 Å². The molecule has 29 heavy (non-hydrogen) atoms. The Morgan fingerprint density at radius 1 is 1.17 bits per heavy atom. The number of ketones is 1. The van der Waals surface area contributed by atoms with Crippen LogP contribution in [0.4, 0.5) is 0 Å². The van der Waals surface area contributed by atoms with Crippen molar-refractivity contribution < 1.29 is 31.5 Å². The number of carbonyl (C=O) groups excluding carboxylic acids is 2. The van der Waals surface area contributed by atoms with Crippen molar-refractivity contribution in [2.24, 2.45) is 34.5 Å². The number of hydrogen-bond acceptors (Lipinski definition) is 6. The molecule has 1 aliphatic heterocycles. The fourth-order valence-corrected chi connectivity index (χ4v) is 8.33. The molecule has 0 spiro atoms. The molecule has 7 nitrogen and oxygen atoms in total. The van der Waals surface area contributed by atoms with E-state index in [1.807, 2.05) is 0 Å². The Balaban J connectivity index is 1.43. The van der Waals surface area contributed by atoms with E-state index in [4.69, 9.17) is 13.5 Å². The summed E-state index contributed by atoms with van der Waals surface area (Å²) in [4.78, 5) is 25.2. The molecular formula is C21H28O7S. The van der Waals surface area contributed by atoms with E-state index in [1.165, 1.54) is 0 Å². The van der Waals surface area contributed by atoms with Gasteiger partial charge < -0.3 is 4.74 Å². The van der Waals surface area contributed by atoms with Crippen LogP contribution in [0.25, 0.3) is 0 Å². The van der Waals surface area contributed by atoms with Crippen LogP contribution < -0.4 is 0 Å². The quantitative estimate of drug-likeness (QED) is 0.536. The Kier molecular flexibility index (Phi) is 4.17. The summed E-state index contributed by atoms with van der Waals surface area (Å²) in [6, 6.07) is 0. The fourth-order valence-electron chi connectivity index (χ4n) is 7.81. The maximum absolute atomic E-state index is 13.5. The normalized spacial score (nSPS) is 48.9. The topological polar surface area (TPSA) is 107 Å². The summed E-state index contributed by atoms with van der Waals surface area (Å²) >= 11 is 0. The molecule has 0 aromatic rings. The highest BCUT2D eigenvalue weighted by atomic mass is 32.3. The van der Waals surface area contributed by atoms with E-state index in [0.29, 0.717) is 25.2 Å². The van der Waals surface area contributed by atoms with Crippen LogP contribution in [0.3, 0.4) is 0 Å². The van der Waals surface area contributed by atoms with Gasteiger partial charge in [0.05, 0.1) is 6.10 Å². The lowest BCUT2D eigenvalue weighted by Crippen LogP contribution is -2.57. The Morgan fingerprint density at radius 2 is 1.93 bits per heavy atom. The van der Waals surface area contributed by atoms with Gasteiger partial charge in [-0.1, -0.05) is 13.8 Å². The first-order chi connectivity index (χ1) is 13.5. The van der Waals surface area contributed by atoms with E-state index in [0.717, 1.165) is 31.3 Å². The predicted molar refractivity (Wildman–Crippen MR) is 102 cm³/mol. The molecule has 0 aromatic heterocycles. The number of esters is 1. The molecule has 4 saturated carbocycles. The first-order valence-corrected chi connectivity index (χ1v) is 12.0. The van der Waals surface area contributed by atoms with Gasteiger partial charge >= 0.3 is 16.4 Å². The van der Waals surface area contributed by atoms with Gasteiger partial charge in [0, 0.05) is 23.8 Å². The third-order valence-electron chi connectivity index (χ3n) is 8.96. The van der Waals surface area contributed by atoms with Gasteiger partial charge in [0.1, 0.15) is 11.9 Å². The Bertz CT molecular complexity index is 908. The first kappa shape index (κ1) is 19.7. The molecule has 5 rings (SSSR count). The van der Waals surface area contributed by atoms with E-state index < -0.39 is 16.5 Å². The van der Waals surface area contributed by atoms with E-state index >= 15 is 0 Å². The van der Waals surface area contributed by atoms with Crippen molar-refractivity contribution in [2.45, 2.75) is 71.0 Å². The highest BCUT2D eigenvalue weighted by molar-refractivity contribution is 7.80. The third kappa shape index (κ3) is 2.86. The van der Waals surface area contributed by atoms with Gasteiger partial charge in [-0.3, -0.25) is 9.35 Å². The van der Waals surface area contributed by atoms with Crippen LogP contribution >= 0.6 is 0 Å². The molecule has 8 atom stereocenters. The van der Waals surface area contributed by atoms with Gasteiger partial charge in [0.2, 0.25) is 0 Å². The molecule has 0 bridgehead atoms. The van der Waals surface area contributed by atoms with Gasteiger partial charge in [-0.25, -0.2) is 8.98 Å². The molecule has 0 unspecified atom stereocenters. The minimum atomic E-state index is -4.46. The summed E-state index contributed by atoms with van der Waals surface area (Å²) in [5.74, 6) is 0.755. The van der Waals surface area contributed by atoms with E-state index in [9.17, 15) is 18.0 Å². The van der Waals surface area contributed by atoms with Crippen molar-refractivity contribution in [2.75, 3.05) is 0 Å². The summed E-state index contributed by atoms with van der Waals surface area (Å²) in [7, 11) is -4.46. The number of rotatable bonds is 2. The number of carbonyl (C=O) groups is 2. The molecule has 5 aliphatic rings. The van der Waals surface area contributed by atoms with Gasteiger partial charge in [-0.05, 0) is 67.3 Å². The summed E-state index contributed by atoms with van der Waals surface area (Å²) in [6.45, 7) is 4.32. The van der Waals surface area contributed by atoms with E-state index in [1.54, 1.807) is 6.08 Å². The first-order valence-electron chi connectivity index (χ1n) is 10.6. The maximum Gasteiger partial charge on any atom is 0.397 e. The summed E-state index contributed by atoms with van der Waals surface area (Å²) in [6.07, 6.45) is 5.82. The van der Waals surface area contributed by atoms with Crippen LogP contribution in [-0.4, -0.2) is 36.9 Å². The third-order valence-corrected chi connectivity index (χ3v) is 9.47. The van der Waals surface area contributed by atoms with Crippen molar-refractivity contribution in [3.8, 4) is 0 Å². The van der Waals surface area contributed by atoms with Gasteiger partial charge in [0.25, 0.3) is 0 Å². The standard InChI is InChI=1S/C21H28O7S/c1-20-6-5-12(28-29(24,25)26)7-11(20)3-4-13-14-8-17-15(9-18(23)27-17)21(14,2)10-16(22)19(13)20/h9,11-14,17,19H,3-8,10H2,1-2H3,(H,24,25,26)/t11-,12+,13-,14-,17+,19+,20-,21-/m0/s1. The van der Waals surface area contributed by atoms with Crippen LogP contribution in [-0.2, 0) is 28.9 Å². The Hall–Kier alpha value is -1.25. The zero-order chi connectivity index (χ0) is 20.8. The van der Waals surface area contributed by atoms with Crippen LogP contribution in [0.5, 0.6) is 0 Å². The zero-order valence-corrected chi connectivity index (χ0v) is 17.6. The molecule has 0 amide bonds. The van der Waals surface area contributed by atoms with Crippen LogP contribution in [0.1, 0.15) is 58.8 Å². The SMILES string of the molecule is C[C@]12CC[C@@H](OS(=O)(=O)O)C[C@@H]1CC[C@@H]1[C@@H]2C(=O)C[C@]2(C)C3=CC(=O)O[C@@H]3C[C@@H]12. The average molecular weight is 425 g/mol. The summed E-state index contributed by atoms with van der Waals surface area (Å²) < 4.78 is 41.7. The molecule has 0 saturated heterocycles. The molecule has 1 N–H and O–H groups in total. The molecule has 160 valence electrons. The zero-order valence-electron chi connectivity index (χ0n) is 16.8. The minimum absolute atomic E-state index is 0.0406. The number of hydrogen-bond donors (Lipinski definition) is 1. The molecule has 8 heteroatoms. The molecule has 4 fully saturated rings. The second-order valence-electron chi connectivity index (χ2n) is 10.3. The summed E-state index contributed by atoms with van der Waals surface area (Å²) in [5.41, 5.74) is 0.545.